The van der Waals surface area contributed by atoms with Crippen LogP contribution in [0.4, 0.5) is 4.39 Å². The van der Waals surface area contributed by atoms with Crippen molar-refractivity contribution in [2.75, 3.05) is 7.11 Å². The van der Waals surface area contributed by atoms with Gasteiger partial charge in [-0.25, -0.2) is 9.18 Å². The standard InChI is InChI=1S/C6H6FNO2.Na/c1-10-6(9)5-2-4(7)3-8-5;/h2-3,8H,1H3;. The predicted molar refractivity (Wildman–Crippen MR) is 37.8 cm³/mol. The summed E-state index contributed by atoms with van der Waals surface area (Å²) in [7, 11) is 1.24. The summed E-state index contributed by atoms with van der Waals surface area (Å²) >= 11 is 0. The summed E-state index contributed by atoms with van der Waals surface area (Å²) in [6.45, 7) is 0. The normalized spacial score (nSPS) is 8.55. The van der Waals surface area contributed by atoms with E-state index in [9.17, 15) is 9.18 Å². The van der Waals surface area contributed by atoms with Gasteiger partial charge in [0, 0.05) is 41.8 Å². The van der Waals surface area contributed by atoms with Crippen LogP contribution >= 0.6 is 0 Å². The number of esters is 1. The van der Waals surface area contributed by atoms with Gasteiger partial charge in [-0.1, -0.05) is 0 Å². The van der Waals surface area contributed by atoms with Gasteiger partial charge in [0.15, 0.2) is 0 Å². The molecule has 0 atom stereocenters. The average molecular weight is 166 g/mol. The summed E-state index contributed by atoms with van der Waals surface area (Å²) in [5.41, 5.74) is 0.125. The molecule has 3 nitrogen and oxygen atoms in total. The SMILES string of the molecule is COC(=O)c1cc(F)c[nH]1.[Na]. The molecule has 1 aromatic heterocycles. The first-order valence-electron chi connectivity index (χ1n) is 2.66. The van der Waals surface area contributed by atoms with Crippen molar-refractivity contribution in [1.82, 2.24) is 4.98 Å². The van der Waals surface area contributed by atoms with E-state index in [-0.39, 0.29) is 35.3 Å². The van der Waals surface area contributed by atoms with Crippen LogP contribution in [-0.4, -0.2) is 47.6 Å². The molecule has 0 saturated carbocycles. The Hall–Kier alpha value is -0.320. The Bertz CT molecular complexity index is 248. The Morgan fingerprint density at radius 1 is 1.73 bits per heavy atom. The molecule has 0 saturated heterocycles. The molecule has 0 bridgehead atoms. The molecule has 0 aliphatic heterocycles. The van der Waals surface area contributed by atoms with Crippen LogP contribution in [0.5, 0.6) is 0 Å². The molecule has 0 aliphatic rings. The van der Waals surface area contributed by atoms with E-state index in [4.69, 9.17) is 0 Å². The minimum Gasteiger partial charge on any atom is -0.464 e. The minimum atomic E-state index is -0.566. The van der Waals surface area contributed by atoms with Gasteiger partial charge in [-0.2, -0.15) is 0 Å². The molecular weight excluding hydrogens is 160 g/mol. The van der Waals surface area contributed by atoms with Crippen LogP contribution in [0.2, 0.25) is 0 Å². The van der Waals surface area contributed by atoms with Crippen LogP contribution < -0.4 is 0 Å². The van der Waals surface area contributed by atoms with Gasteiger partial charge in [0.2, 0.25) is 0 Å². The van der Waals surface area contributed by atoms with Crippen molar-refractivity contribution in [3.05, 3.63) is 23.8 Å². The molecule has 5 heteroatoms. The first-order valence-corrected chi connectivity index (χ1v) is 2.66. The fourth-order valence-electron chi connectivity index (χ4n) is 0.596. The largest absolute Gasteiger partial charge is 0.464 e. The second-order valence-electron chi connectivity index (χ2n) is 1.72. The van der Waals surface area contributed by atoms with Crippen LogP contribution in [0.3, 0.4) is 0 Å². The maximum absolute atomic E-state index is 12.2. The van der Waals surface area contributed by atoms with Gasteiger partial charge >= 0.3 is 5.97 Å². The van der Waals surface area contributed by atoms with Gasteiger partial charge in [0.25, 0.3) is 0 Å². The molecule has 0 aliphatic carbocycles. The van der Waals surface area contributed by atoms with Crippen LogP contribution in [0.25, 0.3) is 0 Å². The quantitative estimate of drug-likeness (QED) is 0.489. The first kappa shape index (κ1) is 10.7. The number of rotatable bonds is 1. The number of nitrogens with one attached hydrogen (secondary N) is 1. The van der Waals surface area contributed by atoms with Crippen molar-refractivity contribution in [2.24, 2.45) is 0 Å². The van der Waals surface area contributed by atoms with E-state index in [1.165, 1.54) is 7.11 Å². The zero-order valence-electron chi connectivity index (χ0n) is 6.35. The number of aromatic nitrogens is 1. The van der Waals surface area contributed by atoms with E-state index in [2.05, 4.69) is 9.72 Å². The molecule has 1 N–H and O–H groups in total. The van der Waals surface area contributed by atoms with Gasteiger partial charge < -0.3 is 9.72 Å². The van der Waals surface area contributed by atoms with E-state index in [0.717, 1.165) is 12.3 Å². The maximum atomic E-state index is 12.2. The number of H-pyrrole nitrogens is 1. The van der Waals surface area contributed by atoms with Crippen molar-refractivity contribution >= 4 is 35.5 Å². The fraction of sp³-hybridized carbons (Fsp3) is 0.167. The van der Waals surface area contributed by atoms with Gasteiger partial charge in [-0.3, -0.25) is 0 Å². The van der Waals surface area contributed by atoms with Gasteiger partial charge in [0.1, 0.15) is 11.5 Å². The van der Waals surface area contributed by atoms with Gasteiger partial charge in [-0.15, -0.1) is 0 Å². The molecule has 1 aromatic rings. The molecule has 1 radical (unpaired) electrons. The zero-order valence-corrected chi connectivity index (χ0v) is 8.35. The third-order valence-electron chi connectivity index (χ3n) is 1.05. The minimum absolute atomic E-state index is 0. The van der Waals surface area contributed by atoms with E-state index in [0.29, 0.717) is 0 Å². The van der Waals surface area contributed by atoms with Gasteiger partial charge in [-0.05, 0) is 0 Å². The Kier molecular flexibility index (Phi) is 4.40. The molecular formula is C6H6FNNaO2. The second kappa shape index (κ2) is 4.54. The number of ether oxygens (including phenoxy) is 1. The summed E-state index contributed by atoms with van der Waals surface area (Å²) < 4.78 is 16.5. The molecule has 1 rings (SSSR count). The Morgan fingerprint density at radius 2 is 2.36 bits per heavy atom. The summed E-state index contributed by atoms with van der Waals surface area (Å²) in [5, 5.41) is 0. The summed E-state index contributed by atoms with van der Waals surface area (Å²) in [6, 6.07) is 1.08. The molecule has 0 aromatic carbocycles. The van der Waals surface area contributed by atoms with Crippen molar-refractivity contribution < 1.29 is 13.9 Å². The molecule has 55 valence electrons. The first-order chi connectivity index (χ1) is 4.74. The maximum Gasteiger partial charge on any atom is 0.354 e. The zero-order chi connectivity index (χ0) is 7.56. The summed E-state index contributed by atoms with van der Waals surface area (Å²) in [6.07, 6.45) is 1.09. The van der Waals surface area contributed by atoms with E-state index in [1.807, 2.05) is 0 Å². The number of halogens is 1. The topological polar surface area (TPSA) is 42.1 Å². The van der Waals surface area contributed by atoms with Crippen molar-refractivity contribution in [1.29, 1.82) is 0 Å². The number of hydrogen-bond donors (Lipinski definition) is 1. The smallest absolute Gasteiger partial charge is 0.354 e. The molecule has 0 fully saturated rings. The van der Waals surface area contributed by atoms with Crippen molar-refractivity contribution in [3.8, 4) is 0 Å². The molecule has 0 spiro atoms. The van der Waals surface area contributed by atoms with E-state index < -0.39 is 11.8 Å². The second-order valence-corrected chi connectivity index (χ2v) is 1.72. The van der Waals surface area contributed by atoms with Crippen molar-refractivity contribution in [2.45, 2.75) is 0 Å². The van der Waals surface area contributed by atoms with E-state index in [1.54, 1.807) is 0 Å². The monoisotopic (exact) mass is 166 g/mol. The molecule has 1 heterocycles. The van der Waals surface area contributed by atoms with Crippen LogP contribution in [0.1, 0.15) is 10.5 Å². The van der Waals surface area contributed by atoms with Crippen LogP contribution in [0.15, 0.2) is 12.3 Å². The predicted octanol–water partition coefficient (Wildman–Crippen LogP) is 0.560. The number of aromatic amines is 1. The Morgan fingerprint density at radius 3 is 2.73 bits per heavy atom. The van der Waals surface area contributed by atoms with Crippen LogP contribution in [0, 0.1) is 5.82 Å². The molecule has 0 amide bonds. The average Bonchev–Trinajstić information content (AvgIpc) is 2.34. The Labute approximate surface area is 85.2 Å². The third kappa shape index (κ3) is 2.65. The molecule has 0 unspecified atom stereocenters. The fourth-order valence-corrected chi connectivity index (χ4v) is 0.596. The number of carbonyl (C=O) groups excluding carboxylic acids is 1. The number of carbonyl (C=O) groups is 1. The number of methoxy groups -OCH3 is 1. The summed E-state index contributed by atoms with van der Waals surface area (Å²) in [5.74, 6) is -1.04. The molecule has 11 heavy (non-hydrogen) atoms. The third-order valence-corrected chi connectivity index (χ3v) is 1.05. The van der Waals surface area contributed by atoms with Crippen LogP contribution in [-0.2, 0) is 4.74 Å². The number of hydrogen-bond acceptors (Lipinski definition) is 2. The van der Waals surface area contributed by atoms with Crippen molar-refractivity contribution in [3.63, 3.8) is 0 Å². The van der Waals surface area contributed by atoms with E-state index >= 15 is 0 Å². The summed E-state index contributed by atoms with van der Waals surface area (Å²) in [4.78, 5) is 13.0. The van der Waals surface area contributed by atoms with Gasteiger partial charge in [0.05, 0.1) is 7.11 Å². The Balaban J connectivity index is 0.000001000.